The van der Waals surface area contributed by atoms with Gasteiger partial charge in [-0.2, -0.15) is 0 Å². The van der Waals surface area contributed by atoms with Crippen LogP contribution in [0.5, 0.6) is 5.75 Å². The van der Waals surface area contributed by atoms with Crippen molar-refractivity contribution in [1.82, 2.24) is 5.32 Å². The molecular formula is C28H38N2O2. The first-order chi connectivity index (χ1) is 15.5. The van der Waals surface area contributed by atoms with Crippen LogP contribution in [0.2, 0.25) is 0 Å². The lowest BCUT2D eigenvalue weighted by molar-refractivity contribution is -0.128. The molecule has 1 N–H and O–H groups in total. The predicted octanol–water partition coefficient (Wildman–Crippen LogP) is 5.84. The van der Waals surface area contributed by atoms with E-state index < -0.39 is 6.10 Å². The van der Waals surface area contributed by atoms with E-state index >= 15 is 0 Å². The highest BCUT2D eigenvalue weighted by Crippen LogP contribution is 2.27. The number of hydrogen-bond acceptors (Lipinski definition) is 3. The molecule has 4 rings (SSSR count). The molecule has 0 saturated carbocycles. The van der Waals surface area contributed by atoms with Crippen molar-refractivity contribution in [3.8, 4) is 5.75 Å². The fraction of sp³-hybridized carbons (Fsp3) is 0.536. The molecule has 1 aliphatic carbocycles. The van der Waals surface area contributed by atoms with Crippen molar-refractivity contribution in [3.63, 3.8) is 0 Å². The van der Waals surface area contributed by atoms with E-state index in [-0.39, 0.29) is 11.9 Å². The molecule has 0 aromatic heterocycles. The summed E-state index contributed by atoms with van der Waals surface area (Å²) in [5, 5.41) is 3.16. The molecule has 172 valence electrons. The maximum absolute atomic E-state index is 13.0. The minimum Gasteiger partial charge on any atom is -0.481 e. The van der Waals surface area contributed by atoms with Gasteiger partial charge in [0.1, 0.15) is 5.75 Å². The van der Waals surface area contributed by atoms with Gasteiger partial charge in [-0.15, -0.1) is 0 Å². The fourth-order valence-corrected chi connectivity index (χ4v) is 5.06. The molecule has 1 aliphatic heterocycles. The van der Waals surface area contributed by atoms with Gasteiger partial charge in [-0.3, -0.25) is 4.79 Å². The largest absolute Gasteiger partial charge is 0.481 e. The second-order valence-corrected chi connectivity index (χ2v) is 9.67. The van der Waals surface area contributed by atoms with Crippen molar-refractivity contribution >= 4 is 11.6 Å². The van der Waals surface area contributed by atoms with Crippen molar-refractivity contribution in [1.29, 1.82) is 0 Å². The molecule has 2 aliphatic rings. The van der Waals surface area contributed by atoms with Gasteiger partial charge in [0.15, 0.2) is 6.10 Å². The monoisotopic (exact) mass is 434 g/mol. The van der Waals surface area contributed by atoms with E-state index in [1.54, 1.807) is 0 Å². The number of benzene rings is 2. The Hall–Kier alpha value is -2.49. The SMILES string of the molecule is CC[C@H](Oc1ccc2c(c1)CCCC2)C(=O)N[C@H](C)c1ccc(N2CCC[C@@H](C)C2)cc1. The minimum atomic E-state index is -0.479. The number of piperidine rings is 1. The zero-order chi connectivity index (χ0) is 22.5. The van der Waals surface area contributed by atoms with E-state index in [9.17, 15) is 4.79 Å². The van der Waals surface area contributed by atoms with Crippen LogP contribution in [0.15, 0.2) is 42.5 Å². The number of amides is 1. The molecule has 32 heavy (non-hydrogen) atoms. The molecule has 4 nitrogen and oxygen atoms in total. The molecule has 1 heterocycles. The summed E-state index contributed by atoms with van der Waals surface area (Å²) in [7, 11) is 0. The lowest BCUT2D eigenvalue weighted by Gasteiger charge is -2.33. The van der Waals surface area contributed by atoms with E-state index in [0.717, 1.165) is 43.2 Å². The standard InChI is InChI=1S/C28H38N2O2/c1-4-27(32-26-16-13-23-9-5-6-10-24(23)18-26)28(31)29-21(3)22-11-14-25(15-12-22)30-17-7-8-20(2)19-30/h11-16,18,20-21,27H,4-10,17,19H2,1-3H3,(H,29,31)/t20-,21-,27+/m1/s1. The highest BCUT2D eigenvalue weighted by molar-refractivity contribution is 5.81. The predicted molar refractivity (Wildman–Crippen MR) is 131 cm³/mol. The molecule has 0 radical (unpaired) electrons. The van der Waals surface area contributed by atoms with Crippen LogP contribution in [0.25, 0.3) is 0 Å². The number of carbonyl (C=O) groups excluding carboxylic acids is 1. The number of carbonyl (C=O) groups is 1. The van der Waals surface area contributed by atoms with Gasteiger partial charge in [0.25, 0.3) is 5.91 Å². The first-order valence-electron chi connectivity index (χ1n) is 12.5. The van der Waals surface area contributed by atoms with E-state index in [0.29, 0.717) is 6.42 Å². The summed E-state index contributed by atoms with van der Waals surface area (Å²) in [5.41, 5.74) is 5.20. The topological polar surface area (TPSA) is 41.6 Å². The van der Waals surface area contributed by atoms with E-state index in [1.165, 1.54) is 42.5 Å². The maximum atomic E-state index is 13.0. The second-order valence-electron chi connectivity index (χ2n) is 9.67. The van der Waals surface area contributed by atoms with Gasteiger partial charge in [0.2, 0.25) is 0 Å². The van der Waals surface area contributed by atoms with Crippen LogP contribution in [0, 0.1) is 5.92 Å². The summed E-state index contributed by atoms with van der Waals surface area (Å²) in [4.78, 5) is 15.4. The quantitative estimate of drug-likeness (QED) is 0.595. The molecular weight excluding hydrogens is 396 g/mol. The van der Waals surface area contributed by atoms with Crippen molar-refractivity contribution in [3.05, 3.63) is 59.2 Å². The molecule has 0 unspecified atom stereocenters. The molecule has 0 spiro atoms. The minimum absolute atomic E-state index is 0.0494. The first-order valence-corrected chi connectivity index (χ1v) is 12.5. The van der Waals surface area contributed by atoms with Gasteiger partial charge in [-0.1, -0.05) is 32.0 Å². The molecule has 2 aromatic rings. The fourth-order valence-electron chi connectivity index (χ4n) is 5.06. The van der Waals surface area contributed by atoms with Crippen LogP contribution < -0.4 is 15.0 Å². The lowest BCUT2D eigenvalue weighted by Crippen LogP contribution is -2.39. The average Bonchev–Trinajstić information content (AvgIpc) is 2.82. The van der Waals surface area contributed by atoms with Crippen LogP contribution in [-0.4, -0.2) is 25.1 Å². The highest BCUT2D eigenvalue weighted by Gasteiger charge is 2.22. The van der Waals surface area contributed by atoms with Crippen molar-refractivity contribution in [2.75, 3.05) is 18.0 Å². The molecule has 3 atom stereocenters. The average molecular weight is 435 g/mol. The lowest BCUT2D eigenvalue weighted by atomic mass is 9.92. The van der Waals surface area contributed by atoms with Crippen LogP contribution in [0.1, 0.15) is 75.6 Å². The first kappa shape index (κ1) is 22.7. The number of ether oxygens (including phenoxy) is 1. The van der Waals surface area contributed by atoms with Crippen LogP contribution in [0.4, 0.5) is 5.69 Å². The van der Waals surface area contributed by atoms with Gasteiger partial charge in [0, 0.05) is 18.8 Å². The van der Waals surface area contributed by atoms with Crippen molar-refractivity contribution in [2.45, 2.75) is 77.9 Å². The normalized spacial score (nSPS) is 20.2. The van der Waals surface area contributed by atoms with Gasteiger partial charge in [0.05, 0.1) is 6.04 Å². The maximum Gasteiger partial charge on any atom is 0.261 e. The Morgan fingerprint density at radius 3 is 2.56 bits per heavy atom. The van der Waals surface area contributed by atoms with E-state index in [1.807, 2.05) is 19.9 Å². The molecule has 1 fully saturated rings. The van der Waals surface area contributed by atoms with Gasteiger partial charge in [-0.05, 0) is 98.7 Å². The van der Waals surface area contributed by atoms with E-state index in [4.69, 9.17) is 4.74 Å². The highest BCUT2D eigenvalue weighted by atomic mass is 16.5. The summed E-state index contributed by atoms with van der Waals surface area (Å²) >= 11 is 0. The van der Waals surface area contributed by atoms with Gasteiger partial charge in [-0.25, -0.2) is 0 Å². The molecule has 4 heteroatoms. The van der Waals surface area contributed by atoms with Crippen LogP contribution in [-0.2, 0) is 17.6 Å². The smallest absolute Gasteiger partial charge is 0.261 e. The Kier molecular flexibility index (Phi) is 7.39. The Bertz CT molecular complexity index is 908. The Balaban J connectivity index is 1.35. The summed E-state index contributed by atoms with van der Waals surface area (Å²) in [5.74, 6) is 1.51. The van der Waals surface area contributed by atoms with Crippen molar-refractivity contribution < 1.29 is 9.53 Å². The Morgan fingerprint density at radius 1 is 1.09 bits per heavy atom. The zero-order valence-electron chi connectivity index (χ0n) is 19.9. The summed E-state index contributed by atoms with van der Waals surface area (Å²) in [6.07, 6.45) is 7.51. The third kappa shape index (κ3) is 5.46. The van der Waals surface area contributed by atoms with E-state index in [2.05, 4.69) is 53.5 Å². The van der Waals surface area contributed by atoms with Gasteiger partial charge < -0.3 is 15.0 Å². The van der Waals surface area contributed by atoms with Crippen LogP contribution >= 0.6 is 0 Å². The Labute approximate surface area is 193 Å². The molecule has 1 amide bonds. The second kappa shape index (κ2) is 10.4. The number of hydrogen-bond donors (Lipinski definition) is 1. The van der Waals surface area contributed by atoms with Crippen molar-refractivity contribution in [2.24, 2.45) is 5.92 Å². The Morgan fingerprint density at radius 2 is 1.84 bits per heavy atom. The molecule has 0 bridgehead atoms. The summed E-state index contributed by atoms with van der Waals surface area (Å²) in [6.45, 7) is 8.63. The number of rotatable bonds is 7. The number of anilines is 1. The number of nitrogens with one attached hydrogen (secondary N) is 1. The number of fused-ring (bicyclic) bond motifs is 1. The molecule has 2 aromatic carbocycles. The summed E-state index contributed by atoms with van der Waals surface area (Å²) < 4.78 is 6.12. The number of nitrogens with zero attached hydrogens (tertiary/aromatic N) is 1. The third-order valence-electron chi connectivity index (χ3n) is 7.04. The summed E-state index contributed by atoms with van der Waals surface area (Å²) in [6, 6.07) is 14.9. The van der Waals surface area contributed by atoms with Gasteiger partial charge >= 0.3 is 0 Å². The van der Waals surface area contributed by atoms with Crippen LogP contribution in [0.3, 0.4) is 0 Å². The molecule has 1 saturated heterocycles. The zero-order valence-corrected chi connectivity index (χ0v) is 19.9. The number of aryl methyl sites for hydroxylation is 2. The third-order valence-corrected chi connectivity index (χ3v) is 7.04.